The Morgan fingerprint density at radius 2 is 0.750 bits per heavy atom. The van der Waals surface area contributed by atoms with E-state index < -0.39 is 0 Å². The largest absolute Gasteiger partial charge is 0.412 e. The van der Waals surface area contributed by atoms with E-state index >= 15 is 0 Å². The van der Waals surface area contributed by atoms with Gasteiger partial charge in [-0.05, 0) is 0 Å². The van der Waals surface area contributed by atoms with Crippen LogP contribution in [0.4, 0.5) is 0 Å². The van der Waals surface area contributed by atoms with Gasteiger partial charge in [-0.3, -0.25) is 0 Å². The van der Waals surface area contributed by atoms with Gasteiger partial charge in [0.2, 0.25) is 0 Å². The molecule has 0 aromatic carbocycles. The Balaban J connectivity index is 0. The molecule has 4 heteroatoms. The van der Waals surface area contributed by atoms with Crippen molar-refractivity contribution < 1.29 is 32.0 Å². The summed E-state index contributed by atoms with van der Waals surface area (Å²) >= 11 is 0. The molecule has 0 atom stereocenters. The molecule has 0 aromatic heterocycles. The number of hydrogen-bond donors (Lipinski definition) is 1. The van der Waals surface area contributed by atoms with Crippen LogP contribution < -0.4 is 6.15 Å². The Labute approximate surface area is 38.9 Å². The molecule has 0 aliphatic heterocycles. The minimum atomic E-state index is 0. The Kier molecular flexibility index (Phi) is 3280. The van der Waals surface area contributed by atoms with Crippen molar-refractivity contribution in [3.8, 4) is 0 Å². The van der Waals surface area contributed by atoms with Crippen molar-refractivity contribution in [2.24, 2.45) is 0 Å². The Hall–Kier alpha value is 0.568. The smallest absolute Gasteiger partial charge is 0 e. The molecule has 0 fully saturated rings. The SMILES string of the molecule is O.O.[Mo].[NH4+]. The molecule has 0 aromatic rings. The van der Waals surface area contributed by atoms with Crippen LogP contribution in [0.2, 0.25) is 0 Å². The van der Waals surface area contributed by atoms with Gasteiger partial charge in [-0.25, -0.2) is 0 Å². The van der Waals surface area contributed by atoms with Crippen LogP contribution in [0.1, 0.15) is 0 Å². The second-order valence-corrected chi connectivity index (χ2v) is 0. The fraction of sp³-hybridized carbons (Fsp3) is 0. The molecule has 0 saturated carbocycles. The van der Waals surface area contributed by atoms with Crippen molar-refractivity contribution in [3.05, 3.63) is 0 Å². The molecule has 0 radical (unpaired) electrons. The second-order valence-electron chi connectivity index (χ2n) is 0. The first kappa shape index (κ1) is 180. The Bertz CT molecular complexity index is 6.00. The second kappa shape index (κ2) is 72.9. The Morgan fingerprint density at radius 1 is 0.750 bits per heavy atom. The minimum absolute atomic E-state index is 0. The number of rotatable bonds is 0. The predicted octanol–water partition coefficient (Wildman–Crippen LogP) is -1.28. The third kappa shape index (κ3) is 19.6. The van der Waals surface area contributed by atoms with Gasteiger partial charge < -0.3 is 17.1 Å². The topological polar surface area (TPSA) is 99.5 Å². The van der Waals surface area contributed by atoms with Crippen LogP contribution in [0.25, 0.3) is 0 Å². The van der Waals surface area contributed by atoms with Crippen molar-refractivity contribution in [1.29, 1.82) is 0 Å². The van der Waals surface area contributed by atoms with Crippen molar-refractivity contribution in [2.45, 2.75) is 0 Å². The van der Waals surface area contributed by atoms with E-state index in [9.17, 15) is 0 Å². The minimum Gasteiger partial charge on any atom is -0.412 e. The van der Waals surface area contributed by atoms with E-state index in [1.807, 2.05) is 0 Å². The molecule has 0 bridgehead atoms. The van der Waals surface area contributed by atoms with Crippen molar-refractivity contribution >= 4 is 0 Å². The zero-order valence-corrected chi connectivity index (χ0v) is 4.42. The fourth-order valence-electron chi connectivity index (χ4n) is 0. The number of quaternary nitrogens is 1. The zero-order valence-electron chi connectivity index (χ0n) is 2.41. The summed E-state index contributed by atoms with van der Waals surface area (Å²) in [6.45, 7) is 0. The fourth-order valence-corrected chi connectivity index (χ4v) is 0. The summed E-state index contributed by atoms with van der Waals surface area (Å²) in [6.07, 6.45) is 0. The van der Waals surface area contributed by atoms with Gasteiger partial charge in [0.15, 0.2) is 0 Å². The first-order valence-corrected chi connectivity index (χ1v) is 0. The average molecular weight is 150 g/mol. The van der Waals surface area contributed by atoms with Gasteiger partial charge in [-0.2, -0.15) is 0 Å². The van der Waals surface area contributed by atoms with Crippen LogP contribution in [0.3, 0.4) is 0 Å². The van der Waals surface area contributed by atoms with E-state index in [4.69, 9.17) is 0 Å². The predicted molar refractivity (Wildman–Crippen MR) is 13.2 cm³/mol. The summed E-state index contributed by atoms with van der Waals surface area (Å²) in [5.41, 5.74) is 0. The van der Waals surface area contributed by atoms with Crippen LogP contribution in [-0.2, 0) is 21.1 Å². The van der Waals surface area contributed by atoms with E-state index in [1.165, 1.54) is 0 Å². The molecule has 0 amide bonds. The van der Waals surface area contributed by atoms with E-state index in [0.717, 1.165) is 0 Å². The van der Waals surface area contributed by atoms with Crippen LogP contribution in [0.5, 0.6) is 0 Å². The summed E-state index contributed by atoms with van der Waals surface area (Å²) in [5, 5.41) is 0. The summed E-state index contributed by atoms with van der Waals surface area (Å²) in [4.78, 5) is 0. The molecular formula is H8MoNO2+. The Morgan fingerprint density at radius 3 is 0.750 bits per heavy atom. The molecule has 30 valence electrons. The molecule has 4 heavy (non-hydrogen) atoms. The van der Waals surface area contributed by atoms with Gasteiger partial charge in [0, 0.05) is 21.1 Å². The van der Waals surface area contributed by atoms with E-state index in [1.54, 1.807) is 0 Å². The van der Waals surface area contributed by atoms with Crippen LogP contribution in [-0.4, -0.2) is 11.0 Å². The average Bonchev–Trinajstić information content (AvgIpc) is 0. The molecular weight excluding hydrogens is 142 g/mol. The summed E-state index contributed by atoms with van der Waals surface area (Å²) in [6, 6.07) is 0. The molecule has 0 unspecified atom stereocenters. The van der Waals surface area contributed by atoms with Crippen LogP contribution >= 0.6 is 0 Å². The van der Waals surface area contributed by atoms with Crippen LogP contribution in [0.15, 0.2) is 0 Å². The molecule has 0 aliphatic rings. The molecule has 0 aliphatic carbocycles. The standard InChI is InChI=1S/Mo.H3N.2H2O/h;1H3;2*1H2/p+1. The van der Waals surface area contributed by atoms with Gasteiger partial charge in [0.25, 0.3) is 0 Å². The summed E-state index contributed by atoms with van der Waals surface area (Å²) in [5.74, 6) is 0. The van der Waals surface area contributed by atoms with Crippen molar-refractivity contribution in [2.75, 3.05) is 0 Å². The van der Waals surface area contributed by atoms with Gasteiger partial charge in [-0.15, -0.1) is 0 Å². The van der Waals surface area contributed by atoms with Gasteiger partial charge in [0.05, 0.1) is 0 Å². The van der Waals surface area contributed by atoms with Crippen molar-refractivity contribution in [1.82, 2.24) is 6.15 Å². The maximum Gasteiger partial charge on any atom is 0 e. The summed E-state index contributed by atoms with van der Waals surface area (Å²) in [7, 11) is 0. The normalized spacial score (nSPS) is 0. The van der Waals surface area contributed by atoms with Crippen LogP contribution in [0, 0.1) is 0 Å². The first-order chi connectivity index (χ1) is 0. The molecule has 8 N–H and O–H groups in total. The number of hydrogen-bond acceptors (Lipinski definition) is 0. The van der Waals surface area contributed by atoms with E-state index in [-0.39, 0.29) is 38.2 Å². The molecule has 3 nitrogen and oxygen atoms in total. The van der Waals surface area contributed by atoms with Crippen molar-refractivity contribution in [3.63, 3.8) is 0 Å². The van der Waals surface area contributed by atoms with E-state index in [2.05, 4.69) is 0 Å². The van der Waals surface area contributed by atoms with Gasteiger partial charge >= 0.3 is 0 Å². The molecule has 0 spiro atoms. The molecule has 0 saturated heterocycles. The monoisotopic (exact) mass is 152 g/mol. The molecule has 0 heterocycles. The van der Waals surface area contributed by atoms with Gasteiger partial charge in [0.1, 0.15) is 0 Å². The van der Waals surface area contributed by atoms with Gasteiger partial charge in [-0.1, -0.05) is 0 Å². The molecule has 0 rings (SSSR count). The van der Waals surface area contributed by atoms with E-state index in [0.29, 0.717) is 0 Å². The maximum atomic E-state index is 0. The zero-order chi connectivity index (χ0) is 0. The third-order valence-electron chi connectivity index (χ3n) is 0. The quantitative estimate of drug-likeness (QED) is 0.416. The maximum absolute atomic E-state index is 0. The summed E-state index contributed by atoms with van der Waals surface area (Å²) < 4.78 is 0. The third-order valence-corrected chi connectivity index (χ3v) is 0. The first-order valence-electron chi connectivity index (χ1n) is 0.